The summed E-state index contributed by atoms with van der Waals surface area (Å²) in [5, 5.41) is 3.82. The molecule has 0 aliphatic carbocycles. The molecule has 1 aliphatic rings. The number of carbonyl (C=O) groups excluding carboxylic acids is 1. The zero-order chi connectivity index (χ0) is 18.4. The fourth-order valence-corrected chi connectivity index (χ4v) is 3.62. The van der Waals surface area contributed by atoms with Crippen molar-refractivity contribution in [3.05, 3.63) is 70.7 Å². The Kier molecular flexibility index (Phi) is 6.30. The van der Waals surface area contributed by atoms with Gasteiger partial charge in [-0.3, -0.25) is 4.79 Å². The second-order valence-corrected chi connectivity index (χ2v) is 7.33. The Morgan fingerprint density at radius 2 is 1.77 bits per heavy atom. The first kappa shape index (κ1) is 18.9. The standard InChI is InChI=1S/C21H25ClN2O2/c22-18-8-6-17(7-9-18)21(10-12-26-13-11-21)15-24-20(25)14-19(23)16-4-2-1-3-5-16/h1-9,19H,10-15,23H2,(H,24,25). The number of carbonyl (C=O) groups is 1. The van der Waals surface area contributed by atoms with Crippen LogP contribution < -0.4 is 11.1 Å². The Morgan fingerprint density at radius 3 is 2.42 bits per heavy atom. The minimum absolute atomic E-state index is 0.0267. The molecule has 1 unspecified atom stereocenters. The number of nitrogens with two attached hydrogens (primary N) is 1. The van der Waals surface area contributed by atoms with E-state index >= 15 is 0 Å². The first-order valence-electron chi connectivity index (χ1n) is 9.00. The lowest BCUT2D eigenvalue weighted by molar-refractivity contribution is -0.122. The number of hydrogen-bond donors (Lipinski definition) is 2. The predicted octanol–water partition coefficient (Wildman–Crippen LogP) is 3.59. The molecular formula is C21H25ClN2O2. The molecule has 1 aliphatic heterocycles. The third-order valence-electron chi connectivity index (χ3n) is 5.16. The molecule has 0 aromatic heterocycles. The molecule has 0 saturated carbocycles. The van der Waals surface area contributed by atoms with E-state index in [1.165, 1.54) is 5.56 Å². The fourth-order valence-electron chi connectivity index (χ4n) is 3.49. The molecule has 1 saturated heterocycles. The van der Waals surface area contributed by atoms with E-state index in [0.29, 0.717) is 24.8 Å². The van der Waals surface area contributed by atoms with E-state index in [1.54, 1.807) is 0 Å². The van der Waals surface area contributed by atoms with Crippen LogP contribution in [-0.4, -0.2) is 25.7 Å². The number of hydrogen-bond acceptors (Lipinski definition) is 3. The average molecular weight is 373 g/mol. The maximum absolute atomic E-state index is 12.5. The molecule has 0 spiro atoms. The first-order chi connectivity index (χ1) is 12.6. The number of rotatable bonds is 6. The van der Waals surface area contributed by atoms with Crippen molar-refractivity contribution in [3.8, 4) is 0 Å². The first-order valence-corrected chi connectivity index (χ1v) is 9.38. The van der Waals surface area contributed by atoms with Crippen molar-refractivity contribution in [3.63, 3.8) is 0 Å². The molecule has 1 fully saturated rings. The van der Waals surface area contributed by atoms with Gasteiger partial charge < -0.3 is 15.8 Å². The van der Waals surface area contributed by atoms with Gasteiger partial charge in [-0.05, 0) is 36.1 Å². The van der Waals surface area contributed by atoms with E-state index in [9.17, 15) is 4.79 Å². The monoisotopic (exact) mass is 372 g/mol. The van der Waals surface area contributed by atoms with Crippen molar-refractivity contribution in [1.29, 1.82) is 0 Å². The van der Waals surface area contributed by atoms with E-state index < -0.39 is 0 Å². The zero-order valence-corrected chi connectivity index (χ0v) is 15.5. The van der Waals surface area contributed by atoms with E-state index in [4.69, 9.17) is 22.1 Å². The van der Waals surface area contributed by atoms with E-state index in [2.05, 4.69) is 17.4 Å². The molecule has 0 radical (unpaired) electrons. The van der Waals surface area contributed by atoms with E-state index in [0.717, 1.165) is 18.4 Å². The topological polar surface area (TPSA) is 64.4 Å². The summed E-state index contributed by atoms with van der Waals surface area (Å²) >= 11 is 6.03. The van der Waals surface area contributed by atoms with Gasteiger partial charge in [0, 0.05) is 42.7 Å². The van der Waals surface area contributed by atoms with Crippen LogP contribution in [0.5, 0.6) is 0 Å². The molecule has 5 heteroatoms. The molecule has 138 valence electrons. The third kappa shape index (κ3) is 4.64. The largest absolute Gasteiger partial charge is 0.381 e. The molecule has 26 heavy (non-hydrogen) atoms. The van der Waals surface area contributed by atoms with Crippen LogP contribution in [0.3, 0.4) is 0 Å². The molecule has 3 rings (SSSR count). The Bertz CT molecular complexity index is 713. The number of amides is 1. The molecule has 0 bridgehead atoms. The second-order valence-electron chi connectivity index (χ2n) is 6.90. The maximum Gasteiger partial charge on any atom is 0.221 e. The summed E-state index contributed by atoms with van der Waals surface area (Å²) in [4.78, 5) is 12.5. The molecule has 1 heterocycles. The SMILES string of the molecule is NC(CC(=O)NCC1(c2ccc(Cl)cc2)CCOCC1)c1ccccc1. The Balaban J connectivity index is 1.64. The smallest absolute Gasteiger partial charge is 0.221 e. The summed E-state index contributed by atoms with van der Waals surface area (Å²) in [7, 11) is 0. The van der Waals surface area contributed by atoms with Gasteiger partial charge in [0.15, 0.2) is 0 Å². The molecule has 4 nitrogen and oxygen atoms in total. The van der Waals surface area contributed by atoms with Gasteiger partial charge in [0.05, 0.1) is 0 Å². The van der Waals surface area contributed by atoms with E-state index in [1.807, 2.05) is 42.5 Å². The number of halogens is 1. The fraction of sp³-hybridized carbons (Fsp3) is 0.381. The van der Waals surface area contributed by atoms with Gasteiger partial charge in [-0.2, -0.15) is 0 Å². The van der Waals surface area contributed by atoms with Crippen LogP contribution >= 0.6 is 11.6 Å². The minimum atomic E-state index is -0.294. The predicted molar refractivity (Wildman–Crippen MR) is 104 cm³/mol. The van der Waals surface area contributed by atoms with Gasteiger partial charge in [0.2, 0.25) is 5.91 Å². The van der Waals surface area contributed by atoms with Crippen molar-refractivity contribution in [2.24, 2.45) is 5.73 Å². The Labute approximate surface area is 159 Å². The van der Waals surface area contributed by atoms with Crippen LogP contribution in [0.4, 0.5) is 0 Å². The summed E-state index contributed by atoms with van der Waals surface area (Å²) in [6, 6.07) is 17.3. The second kappa shape index (κ2) is 8.67. The highest BCUT2D eigenvalue weighted by Gasteiger charge is 2.34. The van der Waals surface area contributed by atoms with Crippen molar-refractivity contribution >= 4 is 17.5 Å². The molecule has 1 amide bonds. The molecular weight excluding hydrogens is 348 g/mol. The van der Waals surface area contributed by atoms with Crippen molar-refractivity contribution in [2.45, 2.75) is 30.7 Å². The van der Waals surface area contributed by atoms with Gasteiger partial charge in [-0.25, -0.2) is 0 Å². The van der Waals surface area contributed by atoms with Gasteiger partial charge in [-0.15, -0.1) is 0 Å². The highest BCUT2D eigenvalue weighted by molar-refractivity contribution is 6.30. The van der Waals surface area contributed by atoms with E-state index in [-0.39, 0.29) is 23.8 Å². The van der Waals surface area contributed by atoms with Crippen molar-refractivity contribution in [2.75, 3.05) is 19.8 Å². The van der Waals surface area contributed by atoms with Crippen LogP contribution in [0.2, 0.25) is 5.02 Å². The average Bonchev–Trinajstić information content (AvgIpc) is 2.68. The van der Waals surface area contributed by atoms with Crippen LogP contribution in [-0.2, 0) is 14.9 Å². The summed E-state index contributed by atoms with van der Waals surface area (Å²) in [6.45, 7) is 1.97. The lowest BCUT2D eigenvalue weighted by Crippen LogP contribution is -2.45. The quantitative estimate of drug-likeness (QED) is 0.814. The Morgan fingerprint density at radius 1 is 1.12 bits per heavy atom. The maximum atomic E-state index is 12.5. The van der Waals surface area contributed by atoms with Gasteiger partial charge >= 0.3 is 0 Å². The van der Waals surface area contributed by atoms with Gasteiger partial charge in [-0.1, -0.05) is 54.1 Å². The van der Waals surface area contributed by atoms with Crippen molar-refractivity contribution < 1.29 is 9.53 Å². The van der Waals surface area contributed by atoms with Crippen LogP contribution in [0.25, 0.3) is 0 Å². The summed E-state index contributed by atoms with van der Waals surface area (Å²) in [5.41, 5.74) is 8.22. The summed E-state index contributed by atoms with van der Waals surface area (Å²) < 4.78 is 5.54. The zero-order valence-electron chi connectivity index (χ0n) is 14.8. The molecule has 2 aromatic carbocycles. The van der Waals surface area contributed by atoms with Gasteiger partial charge in [0.1, 0.15) is 0 Å². The van der Waals surface area contributed by atoms with Crippen LogP contribution in [0, 0.1) is 0 Å². The Hall–Kier alpha value is -1.88. The lowest BCUT2D eigenvalue weighted by atomic mass is 9.74. The van der Waals surface area contributed by atoms with Crippen LogP contribution in [0.1, 0.15) is 36.4 Å². The molecule has 2 aromatic rings. The van der Waals surface area contributed by atoms with Gasteiger partial charge in [0.25, 0.3) is 0 Å². The number of benzene rings is 2. The van der Waals surface area contributed by atoms with Crippen molar-refractivity contribution in [1.82, 2.24) is 5.32 Å². The summed E-state index contributed by atoms with van der Waals surface area (Å²) in [6.07, 6.45) is 2.02. The number of nitrogens with one attached hydrogen (secondary N) is 1. The molecule has 1 atom stereocenters. The lowest BCUT2D eigenvalue weighted by Gasteiger charge is -2.38. The van der Waals surface area contributed by atoms with Crippen LogP contribution in [0.15, 0.2) is 54.6 Å². The third-order valence-corrected chi connectivity index (χ3v) is 5.42. The normalized spacial score (nSPS) is 17.5. The highest BCUT2D eigenvalue weighted by atomic mass is 35.5. The minimum Gasteiger partial charge on any atom is -0.381 e. The molecule has 3 N–H and O–H groups in total. The summed E-state index contributed by atoms with van der Waals surface area (Å²) in [5.74, 6) is -0.0267. The number of ether oxygens (including phenoxy) is 1. The highest BCUT2D eigenvalue weighted by Crippen LogP contribution is 2.35.